The molecule has 0 spiro atoms. The summed E-state index contributed by atoms with van der Waals surface area (Å²) in [5, 5.41) is 14.9. The van der Waals surface area contributed by atoms with Crippen LogP contribution in [0.2, 0.25) is 0 Å². The molecule has 3 rings (SSSR count). The maximum Gasteiger partial charge on any atom is 0.416 e. The summed E-state index contributed by atoms with van der Waals surface area (Å²) in [6.07, 6.45) is -2.95. The molecule has 1 amide bonds. The molecule has 0 saturated heterocycles. The van der Waals surface area contributed by atoms with Crippen LogP contribution in [0.4, 0.5) is 18.9 Å². The largest absolute Gasteiger partial charge is 0.416 e. The fraction of sp³-hybridized carbons (Fsp3) is 0.143. The molecule has 3 aromatic rings. The highest BCUT2D eigenvalue weighted by atomic mass is 32.2. The van der Waals surface area contributed by atoms with Crippen molar-refractivity contribution in [1.82, 2.24) is 19.8 Å². The van der Waals surface area contributed by atoms with Gasteiger partial charge in [-0.25, -0.2) is 0 Å². The Morgan fingerprint density at radius 1 is 1.17 bits per heavy atom. The van der Waals surface area contributed by atoms with Crippen molar-refractivity contribution in [2.24, 2.45) is 0 Å². The average molecular weight is 353 g/mol. The predicted octanol–water partition coefficient (Wildman–Crippen LogP) is 2.87. The molecular formula is C14H10F3N5OS. The first-order valence-corrected chi connectivity index (χ1v) is 7.67. The second kappa shape index (κ2) is 6.48. The van der Waals surface area contributed by atoms with Crippen LogP contribution in [0.1, 0.15) is 5.56 Å². The van der Waals surface area contributed by atoms with Crippen LogP contribution in [0.15, 0.2) is 47.8 Å². The minimum absolute atomic E-state index is 0.0711. The number of thioether (sulfide) groups is 1. The van der Waals surface area contributed by atoms with Gasteiger partial charge in [-0.3, -0.25) is 4.79 Å². The van der Waals surface area contributed by atoms with Crippen LogP contribution < -0.4 is 5.32 Å². The molecule has 24 heavy (non-hydrogen) atoms. The number of benzene rings is 1. The standard InChI is InChI=1S/C14H10F3N5OS/c15-14(16,17)9-1-3-10(4-2-9)19-12(23)7-24-13-6-5-11-20-18-8-22(11)21-13/h1-6,8H,7H2,(H,19,23). The summed E-state index contributed by atoms with van der Waals surface area (Å²) in [6.45, 7) is 0. The van der Waals surface area contributed by atoms with E-state index >= 15 is 0 Å². The van der Waals surface area contributed by atoms with Gasteiger partial charge in [-0.15, -0.1) is 10.2 Å². The highest BCUT2D eigenvalue weighted by Crippen LogP contribution is 2.29. The summed E-state index contributed by atoms with van der Waals surface area (Å²) in [7, 11) is 0. The first-order valence-electron chi connectivity index (χ1n) is 6.69. The molecule has 2 heterocycles. The number of alkyl halides is 3. The van der Waals surface area contributed by atoms with Crippen LogP contribution in [0.3, 0.4) is 0 Å². The molecule has 0 aliphatic heterocycles. The van der Waals surface area contributed by atoms with Crippen molar-refractivity contribution < 1.29 is 18.0 Å². The number of hydrogen-bond acceptors (Lipinski definition) is 5. The van der Waals surface area contributed by atoms with Gasteiger partial charge in [0.1, 0.15) is 11.4 Å². The topological polar surface area (TPSA) is 72.2 Å². The number of aromatic nitrogens is 4. The molecule has 0 saturated carbocycles. The fourth-order valence-electron chi connectivity index (χ4n) is 1.87. The lowest BCUT2D eigenvalue weighted by atomic mass is 10.2. The van der Waals surface area contributed by atoms with E-state index in [0.717, 1.165) is 12.1 Å². The van der Waals surface area contributed by atoms with Gasteiger partial charge in [0.05, 0.1) is 11.3 Å². The zero-order valence-electron chi connectivity index (χ0n) is 12.0. The van der Waals surface area contributed by atoms with Gasteiger partial charge in [0, 0.05) is 5.69 Å². The van der Waals surface area contributed by atoms with Crippen LogP contribution in [-0.2, 0) is 11.0 Å². The van der Waals surface area contributed by atoms with E-state index in [1.54, 1.807) is 12.1 Å². The summed E-state index contributed by atoms with van der Waals surface area (Å²) in [6, 6.07) is 7.70. The Morgan fingerprint density at radius 2 is 1.92 bits per heavy atom. The number of fused-ring (bicyclic) bond motifs is 1. The van der Waals surface area contributed by atoms with Gasteiger partial charge in [0.25, 0.3) is 0 Å². The third kappa shape index (κ3) is 3.82. The van der Waals surface area contributed by atoms with Crippen LogP contribution >= 0.6 is 11.8 Å². The Kier molecular flexibility index (Phi) is 4.38. The molecule has 0 fully saturated rings. The molecule has 0 atom stereocenters. The quantitative estimate of drug-likeness (QED) is 0.730. The summed E-state index contributed by atoms with van der Waals surface area (Å²) < 4.78 is 38.9. The monoisotopic (exact) mass is 353 g/mol. The van der Waals surface area contributed by atoms with E-state index in [9.17, 15) is 18.0 Å². The number of nitrogens with one attached hydrogen (secondary N) is 1. The van der Waals surface area contributed by atoms with Crippen molar-refractivity contribution in [2.45, 2.75) is 11.2 Å². The van der Waals surface area contributed by atoms with E-state index < -0.39 is 11.7 Å². The second-order valence-corrected chi connectivity index (χ2v) is 5.71. The van der Waals surface area contributed by atoms with Gasteiger partial charge in [-0.1, -0.05) is 11.8 Å². The van der Waals surface area contributed by atoms with Crippen LogP contribution in [0.25, 0.3) is 5.65 Å². The number of rotatable bonds is 4. The fourth-order valence-corrected chi connectivity index (χ4v) is 2.53. The lowest BCUT2D eigenvalue weighted by Crippen LogP contribution is -2.14. The molecule has 0 radical (unpaired) electrons. The zero-order chi connectivity index (χ0) is 17.2. The Morgan fingerprint density at radius 3 is 2.62 bits per heavy atom. The number of anilines is 1. The van der Waals surface area contributed by atoms with E-state index in [4.69, 9.17) is 0 Å². The number of carbonyl (C=O) groups is 1. The third-order valence-electron chi connectivity index (χ3n) is 2.98. The van der Waals surface area contributed by atoms with Crippen LogP contribution in [0.5, 0.6) is 0 Å². The van der Waals surface area contributed by atoms with Crippen molar-refractivity contribution in [3.8, 4) is 0 Å². The van der Waals surface area contributed by atoms with Gasteiger partial charge >= 0.3 is 6.18 Å². The van der Waals surface area contributed by atoms with E-state index in [0.29, 0.717) is 16.4 Å². The molecule has 0 aliphatic carbocycles. The van der Waals surface area contributed by atoms with E-state index in [1.807, 2.05) is 0 Å². The normalized spacial score (nSPS) is 11.6. The molecule has 2 aromatic heterocycles. The Labute approximate surface area is 138 Å². The van der Waals surface area contributed by atoms with Crippen molar-refractivity contribution in [1.29, 1.82) is 0 Å². The summed E-state index contributed by atoms with van der Waals surface area (Å²) in [4.78, 5) is 11.9. The number of hydrogen-bond donors (Lipinski definition) is 1. The van der Waals surface area contributed by atoms with Crippen molar-refractivity contribution in [3.05, 3.63) is 48.3 Å². The molecule has 10 heteroatoms. The van der Waals surface area contributed by atoms with Crippen LogP contribution in [0, 0.1) is 0 Å². The smallest absolute Gasteiger partial charge is 0.325 e. The Bertz CT molecular complexity index is 863. The van der Waals surface area contributed by atoms with E-state index in [2.05, 4.69) is 20.6 Å². The molecule has 0 aliphatic rings. The molecule has 0 bridgehead atoms. The number of carbonyl (C=O) groups excluding carboxylic acids is 1. The predicted molar refractivity (Wildman–Crippen MR) is 81.6 cm³/mol. The second-order valence-electron chi connectivity index (χ2n) is 4.72. The average Bonchev–Trinajstić information content (AvgIpc) is 3.00. The minimum atomic E-state index is -4.40. The van der Waals surface area contributed by atoms with Gasteiger partial charge in [-0.05, 0) is 36.4 Å². The summed E-state index contributed by atoms with van der Waals surface area (Å²) in [5.74, 6) is -0.271. The van der Waals surface area contributed by atoms with E-state index in [-0.39, 0.29) is 11.7 Å². The molecular weight excluding hydrogens is 343 g/mol. The van der Waals surface area contributed by atoms with Crippen molar-refractivity contribution in [2.75, 3.05) is 11.1 Å². The molecule has 1 N–H and O–H groups in total. The van der Waals surface area contributed by atoms with E-state index in [1.165, 1.54) is 34.7 Å². The molecule has 124 valence electrons. The zero-order valence-corrected chi connectivity index (χ0v) is 12.8. The maximum absolute atomic E-state index is 12.5. The SMILES string of the molecule is O=C(CSc1ccc2nncn2n1)Nc1ccc(C(F)(F)F)cc1. The van der Waals surface area contributed by atoms with Gasteiger partial charge in [-0.2, -0.15) is 22.8 Å². The van der Waals surface area contributed by atoms with Crippen molar-refractivity contribution >= 4 is 29.0 Å². The highest BCUT2D eigenvalue weighted by Gasteiger charge is 2.29. The van der Waals surface area contributed by atoms with Crippen LogP contribution in [-0.4, -0.2) is 31.5 Å². The third-order valence-corrected chi connectivity index (χ3v) is 3.90. The first-order chi connectivity index (χ1) is 11.4. The molecule has 0 unspecified atom stereocenters. The molecule has 1 aromatic carbocycles. The number of halogens is 3. The Hall–Kier alpha value is -2.62. The lowest BCUT2D eigenvalue weighted by Gasteiger charge is -2.08. The summed E-state index contributed by atoms with van der Waals surface area (Å²) >= 11 is 1.19. The Balaban J connectivity index is 1.57. The number of amides is 1. The lowest BCUT2D eigenvalue weighted by molar-refractivity contribution is -0.137. The minimum Gasteiger partial charge on any atom is -0.325 e. The van der Waals surface area contributed by atoms with Crippen molar-refractivity contribution in [3.63, 3.8) is 0 Å². The first kappa shape index (κ1) is 16.2. The van der Waals surface area contributed by atoms with Gasteiger partial charge in [0.15, 0.2) is 5.65 Å². The summed E-state index contributed by atoms with van der Waals surface area (Å²) in [5.41, 5.74) is 0.130. The maximum atomic E-state index is 12.5. The highest BCUT2D eigenvalue weighted by molar-refractivity contribution is 7.99. The van der Waals surface area contributed by atoms with Gasteiger partial charge < -0.3 is 5.32 Å². The molecule has 6 nitrogen and oxygen atoms in total. The van der Waals surface area contributed by atoms with Gasteiger partial charge in [0.2, 0.25) is 5.91 Å². The number of nitrogens with zero attached hydrogens (tertiary/aromatic N) is 4.